The van der Waals surface area contributed by atoms with Crippen LogP contribution in [0.15, 0.2) is 42.5 Å². The molecule has 2 N–H and O–H groups in total. The van der Waals surface area contributed by atoms with Gasteiger partial charge >= 0.3 is 6.09 Å². The summed E-state index contributed by atoms with van der Waals surface area (Å²) in [6, 6.07) is 8.37. The van der Waals surface area contributed by atoms with E-state index in [0.29, 0.717) is 6.61 Å². The van der Waals surface area contributed by atoms with Crippen LogP contribution in [0.1, 0.15) is 26.3 Å². The lowest BCUT2D eigenvalue weighted by Gasteiger charge is -2.27. The van der Waals surface area contributed by atoms with Gasteiger partial charge in [0.1, 0.15) is 17.7 Å². The number of carbonyl (C=O) groups excluding carboxylic acids is 2. The van der Waals surface area contributed by atoms with Gasteiger partial charge in [-0.3, -0.25) is 9.63 Å². The van der Waals surface area contributed by atoms with Gasteiger partial charge in [-0.15, -0.1) is 0 Å². The average molecular weight is 394 g/mol. The van der Waals surface area contributed by atoms with E-state index >= 15 is 0 Å². The van der Waals surface area contributed by atoms with Crippen molar-refractivity contribution in [1.29, 1.82) is 0 Å². The van der Waals surface area contributed by atoms with Crippen molar-refractivity contribution in [2.75, 3.05) is 20.8 Å². The standard InChI is InChI=1S/C20H30N2O6/c1-20(2,3)28-19(25)21-17(18(24)22(4)26-5)16(23)12-9-13-27-14-15-10-7-6-8-11-15/h6-12,16-17,23H,13-14H2,1-5H3,(H,21,25)/b12-9+/t16-,17+/m1/s1. The van der Waals surface area contributed by atoms with Crippen molar-refractivity contribution in [2.45, 2.75) is 45.1 Å². The number of hydrogen-bond acceptors (Lipinski definition) is 6. The zero-order valence-electron chi connectivity index (χ0n) is 17.0. The van der Waals surface area contributed by atoms with E-state index in [4.69, 9.17) is 14.3 Å². The number of hydroxylamine groups is 2. The van der Waals surface area contributed by atoms with Crippen LogP contribution in [-0.2, 0) is 25.7 Å². The Balaban J connectivity index is 2.65. The maximum absolute atomic E-state index is 12.4. The summed E-state index contributed by atoms with van der Waals surface area (Å²) in [7, 11) is 2.69. The molecule has 0 aliphatic heterocycles. The van der Waals surface area contributed by atoms with Crippen molar-refractivity contribution in [3.8, 4) is 0 Å². The molecule has 8 nitrogen and oxygen atoms in total. The van der Waals surface area contributed by atoms with E-state index in [9.17, 15) is 14.7 Å². The maximum atomic E-state index is 12.4. The fourth-order valence-corrected chi connectivity index (χ4v) is 2.14. The van der Waals surface area contributed by atoms with E-state index in [1.165, 1.54) is 20.2 Å². The highest BCUT2D eigenvalue weighted by atomic mass is 16.7. The molecular formula is C20H30N2O6. The largest absolute Gasteiger partial charge is 0.444 e. The van der Waals surface area contributed by atoms with Crippen molar-refractivity contribution in [3.05, 3.63) is 48.0 Å². The van der Waals surface area contributed by atoms with Gasteiger partial charge < -0.3 is 19.9 Å². The maximum Gasteiger partial charge on any atom is 0.408 e. The number of benzene rings is 1. The molecule has 0 heterocycles. The first-order chi connectivity index (χ1) is 13.1. The highest BCUT2D eigenvalue weighted by Crippen LogP contribution is 2.09. The molecule has 0 saturated carbocycles. The molecule has 2 atom stereocenters. The summed E-state index contributed by atoms with van der Waals surface area (Å²) in [5.41, 5.74) is 0.287. The van der Waals surface area contributed by atoms with E-state index in [1.54, 1.807) is 26.8 Å². The lowest BCUT2D eigenvalue weighted by Crippen LogP contribution is -2.53. The van der Waals surface area contributed by atoms with Gasteiger partial charge in [0, 0.05) is 7.05 Å². The van der Waals surface area contributed by atoms with E-state index in [0.717, 1.165) is 10.6 Å². The predicted molar refractivity (Wildman–Crippen MR) is 104 cm³/mol. The summed E-state index contributed by atoms with van der Waals surface area (Å²) >= 11 is 0. The van der Waals surface area contributed by atoms with E-state index in [1.807, 2.05) is 30.3 Å². The number of nitrogens with one attached hydrogen (secondary N) is 1. The van der Waals surface area contributed by atoms with Crippen molar-refractivity contribution in [2.24, 2.45) is 0 Å². The number of amides is 2. The molecule has 28 heavy (non-hydrogen) atoms. The van der Waals surface area contributed by atoms with Crippen LogP contribution in [0.5, 0.6) is 0 Å². The van der Waals surface area contributed by atoms with Gasteiger partial charge in [-0.1, -0.05) is 42.5 Å². The number of aliphatic hydroxyl groups excluding tert-OH is 1. The number of alkyl carbamates (subject to hydrolysis) is 1. The van der Waals surface area contributed by atoms with Crippen LogP contribution in [-0.4, -0.2) is 60.7 Å². The van der Waals surface area contributed by atoms with Crippen LogP contribution in [0, 0.1) is 0 Å². The van der Waals surface area contributed by atoms with Gasteiger partial charge in [0.2, 0.25) is 0 Å². The second-order valence-electron chi connectivity index (χ2n) is 7.06. The number of nitrogens with zero attached hydrogens (tertiary/aromatic N) is 1. The van der Waals surface area contributed by atoms with Gasteiger partial charge in [0.25, 0.3) is 5.91 Å². The molecule has 0 fully saturated rings. The van der Waals surface area contributed by atoms with Crippen LogP contribution in [0.3, 0.4) is 0 Å². The molecule has 8 heteroatoms. The topological polar surface area (TPSA) is 97.3 Å². The Hall–Kier alpha value is -2.42. The third kappa shape index (κ3) is 8.98. The molecule has 0 bridgehead atoms. The number of rotatable bonds is 9. The molecule has 1 rings (SSSR count). The van der Waals surface area contributed by atoms with Gasteiger partial charge in [-0.2, -0.15) is 0 Å². The van der Waals surface area contributed by atoms with Gasteiger partial charge in [-0.05, 0) is 26.3 Å². The molecule has 0 spiro atoms. The smallest absolute Gasteiger partial charge is 0.408 e. The summed E-state index contributed by atoms with van der Waals surface area (Å²) in [5, 5.41) is 13.7. The lowest BCUT2D eigenvalue weighted by atomic mass is 10.1. The molecule has 1 aromatic rings. The fraction of sp³-hybridized carbons (Fsp3) is 0.500. The summed E-state index contributed by atoms with van der Waals surface area (Å²) in [6.07, 6.45) is 0.854. The van der Waals surface area contributed by atoms with Gasteiger partial charge in [0.05, 0.1) is 20.3 Å². The molecule has 0 unspecified atom stereocenters. The molecule has 156 valence electrons. The Morgan fingerprint density at radius 2 is 1.89 bits per heavy atom. The monoisotopic (exact) mass is 394 g/mol. The molecule has 0 radical (unpaired) electrons. The van der Waals surface area contributed by atoms with Crippen molar-refractivity contribution in [3.63, 3.8) is 0 Å². The van der Waals surface area contributed by atoms with Gasteiger partial charge in [0.15, 0.2) is 0 Å². The number of carbonyl (C=O) groups is 2. The highest BCUT2D eigenvalue weighted by molar-refractivity contribution is 5.85. The Labute approximate surface area is 166 Å². The van der Waals surface area contributed by atoms with Crippen LogP contribution >= 0.6 is 0 Å². The van der Waals surface area contributed by atoms with Crippen LogP contribution in [0.25, 0.3) is 0 Å². The normalized spacial score (nSPS) is 13.8. The first-order valence-corrected chi connectivity index (χ1v) is 8.91. The van der Waals surface area contributed by atoms with Crippen LogP contribution < -0.4 is 5.32 Å². The zero-order chi connectivity index (χ0) is 21.2. The highest BCUT2D eigenvalue weighted by Gasteiger charge is 2.31. The lowest BCUT2D eigenvalue weighted by molar-refractivity contribution is -0.173. The minimum absolute atomic E-state index is 0.236. The van der Waals surface area contributed by atoms with Crippen LogP contribution in [0.4, 0.5) is 4.79 Å². The molecule has 0 saturated heterocycles. The van der Waals surface area contributed by atoms with Gasteiger partial charge in [-0.25, -0.2) is 9.86 Å². The van der Waals surface area contributed by atoms with Crippen molar-refractivity contribution in [1.82, 2.24) is 10.4 Å². The van der Waals surface area contributed by atoms with E-state index < -0.39 is 29.7 Å². The second-order valence-corrected chi connectivity index (χ2v) is 7.06. The SMILES string of the molecule is CON(C)C(=O)[C@@H](NC(=O)OC(C)(C)C)[C@H](O)/C=C/COCc1ccccc1. The molecule has 0 aliphatic carbocycles. The quantitative estimate of drug-likeness (QED) is 0.378. The zero-order valence-corrected chi connectivity index (χ0v) is 17.0. The number of likely N-dealkylation sites (N-methyl/N-ethyl adjacent to an activating group) is 1. The van der Waals surface area contributed by atoms with E-state index in [-0.39, 0.29) is 6.61 Å². The number of aliphatic hydroxyl groups is 1. The fourth-order valence-electron chi connectivity index (χ4n) is 2.14. The third-order valence-corrected chi connectivity index (χ3v) is 3.52. The Kier molecular flexibility index (Phi) is 9.64. The molecule has 0 aromatic heterocycles. The minimum atomic E-state index is -1.29. The van der Waals surface area contributed by atoms with Crippen molar-refractivity contribution < 1.29 is 29.0 Å². The Bertz CT molecular complexity index is 642. The number of ether oxygens (including phenoxy) is 2. The average Bonchev–Trinajstić information content (AvgIpc) is 2.63. The summed E-state index contributed by atoms with van der Waals surface area (Å²) < 4.78 is 10.6. The summed E-state index contributed by atoms with van der Waals surface area (Å²) in [4.78, 5) is 29.3. The molecule has 0 aliphatic rings. The van der Waals surface area contributed by atoms with Crippen molar-refractivity contribution >= 4 is 12.0 Å². The summed E-state index contributed by atoms with van der Waals surface area (Å²) in [6.45, 7) is 5.76. The molecule has 2 amide bonds. The first-order valence-electron chi connectivity index (χ1n) is 8.91. The second kappa shape index (κ2) is 11.4. The molecular weight excluding hydrogens is 364 g/mol. The first kappa shape index (κ1) is 23.6. The van der Waals surface area contributed by atoms with E-state index in [2.05, 4.69) is 5.32 Å². The third-order valence-electron chi connectivity index (χ3n) is 3.52. The Morgan fingerprint density at radius 1 is 1.25 bits per heavy atom. The molecule has 1 aromatic carbocycles. The van der Waals surface area contributed by atoms with Crippen LogP contribution in [0.2, 0.25) is 0 Å². The minimum Gasteiger partial charge on any atom is -0.444 e. The predicted octanol–water partition coefficient (Wildman–Crippen LogP) is 2.03. The summed E-state index contributed by atoms with van der Waals surface area (Å²) in [5.74, 6) is -0.629. The Morgan fingerprint density at radius 3 is 2.46 bits per heavy atom. The number of hydrogen-bond donors (Lipinski definition) is 2.